The molecule has 110 valence electrons. The van der Waals surface area contributed by atoms with Gasteiger partial charge in [-0.1, -0.05) is 31.2 Å². The van der Waals surface area contributed by atoms with Crippen LogP contribution in [0, 0.1) is 5.92 Å². The maximum Gasteiger partial charge on any atom is 0.308 e. The van der Waals surface area contributed by atoms with E-state index in [0.29, 0.717) is 12.8 Å². The number of carbonyl (C=O) groups is 2. The quantitative estimate of drug-likeness (QED) is 0.804. The van der Waals surface area contributed by atoms with Crippen LogP contribution in [0.2, 0.25) is 0 Å². The van der Waals surface area contributed by atoms with Crippen molar-refractivity contribution in [1.29, 1.82) is 0 Å². The van der Waals surface area contributed by atoms with E-state index >= 15 is 0 Å². The largest absolute Gasteiger partial charge is 0.481 e. The Kier molecular flexibility index (Phi) is 6.22. The molecule has 4 heteroatoms. The van der Waals surface area contributed by atoms with Gasteiger partial charge in [-0.3, -0.25) is 9.59 Å². The van der Waals surface area contributed by atoms with Crippen LogP contribution >= 0.6 is 0 Å². The summed E-state index contributed by atoms with van der Waals surface area (Å²) in [5.74, 6) is -1.58. The molecule has 0 aliphatic heterocycles. The molecule has 0 aliphatic carbocycles. The highest BCUT2D eigenvalue weighted by Crippen LogP contribution is 2.08. The third-order valence-electron chi connectivity index (χ3n) is 3.60. The molecular weight excluding hydrogens is 254 g/mol. The van der Waals surface area contributed by atoms with Crippen molar-refractivity contribution < 1.29 is 14.7 Å². The van der Waals surface area contributed by atoms with E-state index in [9.17, 15) is 9.59 Å². The number of amides is 1. The van der Waals surface area contributed by atoms with Crippen LogP contribution in [0.1, 0.15) is 38.3 Å². The Labute approximate surface area is 120 Å². The predicted octanol–water partition coefficient (Wildman–Crippen LogP) is 2.41. The van der Waals surface area contributed by atoms with Crippen LogP contribution in [0.4, 0.5) is 0 Å². The molecule has 1 rings (SSSR count). The Bertz CT molecular complexity index is 453. The number of aliphatic carboxylic acids is 1. The SMILES string of the molecule is CCc1ccc(CCC(=O)NC(C)C(C)C(=O)O)cc1. The van der Waals surface area contributed by atoms with Gasteiger partial charge in [-0.15, -0.1) is 0 Å². The van der Waals surface area contributed by atoms with E-state index in [1.807, 2.05) is 12.1 Å². The minimum atomic E-state index is -0.895. The molecular formula is C16H23NO3. The first-order valence-corrected chi connectivity index (χ1v) is 7.04. The van der Waals surface area contributed by atoms with Gasteiger partial charge in [-0.2, -0.15) is 0 Å². The molecule has 0 radical (unpaired) electrons. The highest BCUT2D eigenvalue weighted by atomic mass is 16.4. The highest BCUT2D eigenvalue weighted by Gasteiger charge is 2.20. The Balaban J connectivity index is 2.41. The number of carboxylic acid groups (broad SMARTS) is 1. The first-order valence-electron chi connectivity index (χ1n) is 7.04. The molecule has 0 heterocycles. The van der Waals surface area contributed by atoms with E-state index in [2.05, 4.69) is 24.4 Å². The zero-order valence-corrected chi connectivity index (χ0v) is 12.3. The van der Waals surface area contributed by atoms with Crippen LogP contribution in [-0.2, 0) is 22.4 Å². The van der Waals surface area contributed by atoms with Crippen LogP contribution in [0.15, 0.2) is 24.3 Å². The molecule has 2 atom stereocenters. The third kappa shape index (κ3) is 5.03. The van der Waals surface area contributed by atoms with Crippen molar-refractivity contribution in [3.8, 4) is 0 Å². The van der Waals surface area contributed by atoms with E-state index in [-0.39, 0.29) is 11.9 Å². The van der Waals surface area contributed by atoms with Gasteiger partial charge in [0.25, 0.3) is 0 Å². The second-order valence-electron chi connectivity index (χ2n) is 5.15. The summed E-state index contributed by atoms with van der Waals surface area (Å²) in [6, 6.07) is 7.86. The second kappa shape index (κ2) is 7.68. The normalized spacial score (nSPS) is 13.6. The molecule has 0 spiro atoms. The summed E-state index contributed by atoms with van der Waals surface area (Å²) in [7, 11) is 0. The van der Waals surface area contributed by atoms with Crippen molar-refractivity contribution in [3.63, 3.8) is 0 Å². The molecule has 20 heavy (non-hydrogen) atoms. The summed E-state index contributed by atoms with van der Waals surface area (Å²) >= 11 is 0. The van der Waals surface area contributed by atoms with Crippen molar-refractivity contribution in [2.24, 2.45) is 5.92 Å². The molecule has 4 nitrogen and oxygen atoms in total. The second-order valence-corrected chi connectivity index (χ2v) is 5.15. The molecule has 0 saturated heterocycles. The molecule has 0 saturated carbocycles. The van der Waals surface area contributed by atoms with Crippen molar-refractivity contribution in [1.82, 2.24) is 5.32 Å². The molecule has 2 N–H and O–H groups in total. The summed E-state index contributed by atoms with van der Waals surface area (Å²) in [6.07, 6.45) is 2.05. The zero-order chi connectivity index (χ0) is 15.1. The highest BCUT2D eigenvalue weighted by molar-refractivity contribution is 5.78. The number of hydrogen-bond acceptors (Lipinski definition) is 2. The van der Waals surface area contributed by atoms with Crippen LogP contribution in [0.5, 0.6) is 0 Å². The third-order valence-corrected chi connectivity index (χ3v) is 3.60. The summed E-state index contributed by atoms with van der Waals surface area (Å²) in [6.45, 7) is 5.41. The monoisotopic (exact) mass is 277 g/mol. The minimum absolute atomic E-state index is 0.106. The topological polar surface area (TPSA) is 66.4 Å². The average Bonchev–Trinajstić information content (AvgIpc) is 2.44. The summed E-state index contributed by atoms with van der Waals surface area (Å²) < 4.78 is 0. The molecule has 2 unspecified atom stereocenters. The lowest BCUT2D eigenvalue weighted by Crippen LogP contribution is -2.40. The van der Waals surface area contributed by atoms with Crippen LogP contribution < -0.4 is 5.32 Å². The molecule has 0 aliphatic rings. The number of carbonyl (C=O) groups excluding carboxylic acids is 1. The van der Waals surface area contributed by atoms with Crippen molar-refractivity contribution >= 4 is 11.9 Å². The van der Waals surface area contributed by atoms with Gasteiger partial charge in [0.05, 0.1) is 5.92 Å². The van der Waals surface area contributed by atoms with Gasteiger partial charge in [0, 0.05) is 12.5 Å². The number of hydrogen-bond donors (Lipinski definition) is 2. The molecule has 0 bridgehead atoms. The van der Waals surface area contributed by atoms with Gasteiger partial charge in [-0.25, -0.2) is 0 Å². The number of aryl methyl sites for hydroxylation is 2. The van der Waals surface area contributed by atoms with Gasteiger partial charge in [-0.05, 0) is 37.8 Å². The van der Waals surface area contributed by atoms with Crippen LogP contribution in [0.25, 0.3) is 0 Å². The number of rotatable bonds is 7. The smallest absolute Gasteiger partial charge is 0.308 e. The number of nitrogens with one attached hydrogen (secondary N) is 1. The van der Waals surface area contributed by atoms with Gasteiger partial charge in [0.1, 0.15) is 0 Å². The lowest BCUT2D eigenvalue weighted by atomic mass is 10.0. The fourth-order valence-corrected chi connectivity index (χ4v) is 1.86. The molecule has 1 amide bonds. The lowest BCUT2D eigenvalue weighted by Gasteiger charge is -2.17. The standard InChI is InChI=1S/C16H23NO3/c1-4-13-5-7-14(8-6-13)9-10-15(18)17-12(3)11(2)16(19)20/h5-8,11-12H,4,9-10H2,1-3H3,(H,17,18)(H,19,20). The van der Waals surface area contributed by atoms with Crippen molar-refractivity contribution in [3.05, 3.63) is 35.4 Å². The van der Waals surface area contributed by atoms with Crippen LogP contribution in [-0.4, -0.2) is 23.0 Å². The van der Waals surface area contributed by atoms with Crippen molar-refractivity contribution in [2.45, 2.75) is 46.1 Å². The van der Waals surface area contributed by atoms with E-state index in [4.69, 9.17) is 5.11 Å². The van der Waals surface area contributed by atoms with E-state index < -0.39 is 11.9 Å². The Morgan fingerprint density at radius 3 is 2.20 bits per heavy atom. The van der Waals surface area contributed by atoms with Crippen LogP contribution in [0.3, 0.4) is 0 Å². The molecule has 0 fully saturated rings. The molecule has 1 aromatic carbocycles. The minimum Gasteiger partial charge on any atom is -0.481 e. The average molecular weight is 277 g/mol. The first-order chi connectivity index (χ1) is 9.43. The van der Waals surface area contributed by atoms with Gasteiger partial charge >= 0.3 is 5.97 Å². The summed E-state index contributed by atoms with van der Waals surface area (Å²) in [5.41, 5.74) is 2.40. The first kappa shape index (κ1) is 16.2. The Hall–Kier alpha value is -1.84. The fraction of sp³-hybridized carbons (Fsp3) is 0.500. The summed E-state index contributed by atoms with van der Waals surface area (Å²) in [4.78, 5) is 22.6. The Morgan fingerprint density at radius 1 is 1.15 bits per heavy atom. The lowest BCUT2D eigenvalue weighted by molar-refractivity contribution is -0.142. The van der Waals surface area contributed by atoms with Gasteiger partial charge in [0.2, 0.25) is 5.91 Å². The maximum absolute atomic E-state index is 11.8. The van der Waals surface area contributed by atoms with E-state index in [1.54, 1.807) is 13.8 Å². The molecule has 1 aromatic rings. The predicted molar refractivity (Wildman–Crippen MR) is 78.5 cm³/mol. The maximum atomic E-state index is 11.8. The van der Waals surface area contributed by atoms with Gasteiger partial charge in [0.15, 0.2) is 0 Å². The molecule has 0 aromatic heterocycles. The van der Waals surface area contributed by atoms with E-state index in [1.165, 1.54) is 5.56 Å². The zero-order valence-electron chi connectivity index (χ0n) is 12.3. The van der Waals surface area contributed by atoms with Gasteiger partial charge < -0.3 is 10.4 Å². The number of carboxylic acids is 1. The Morgan fingerprint density at radius 2 is 1.70 bits per heavy atom. The summed E-state index contributed by atoms with van der Waals surface area (Å²) in [5, 5.41) is 11.6. The van der Waals surface area contributed by atoms with Crippen molar-refractivity contribution in [2.75, 3.05) is 0 Å². The fourth-order valence-electron chi connectivity index (χ4n) is 1.86. The van der Waals surface area contributed by atoms with E-state index in [0.717, 1.165) is 12.0 Å². The number of benzene rings is 1.